The first-order valence-corrected chi connectivity index (χ1v) is 7.68. The summed E-state index contributed by atoms with van der Waals surface area (Å²) < 4.78 is 10.7. The molecule has 7 nitrogen and oxygen atoms in total. The van der Waals surface area contributed by atoms with Crippen molar-refractivity contribution in [3.63, 3.8) is 0 Å². The van der Waals surface area contributed by atoms with E-state index >= 15 is 0 Å². The summed E-state index contributed by atoms with van der Waals surface area (Å²) >= 11 is 0. The van der Waals surface area contributed by atoms with Gasteiger partial charge in [-0.15, -0.1) is 0 Å². The lowest BCUT2D eigenvalue weighted by atomic mass is 10.0. The molecule has 136 valence electrons. The van der Waals surface area contributed by atoms with Crippen LogP contribution in [0.1, 0.15) is 30.9 Å². The van der Waals surface area contributed by atoms with Gasteiger partial charge in [-0.25, -0.2) is 9.59 Å². The third kappa shape index (κ3) is 10.6. The van der Waals surface area contributed by atoms with Gasteiger partial charge < -0.3 is 25.0 Å². The van der Waals surface area contributed by atoms with Crippen molar-refractivity contribution in [2.24, 2.45) is 0 Å². The molecule has 0 saturated heterocycles. The molecule has 0 amide bonds. The van der Waals surface area contributed by atoms with Gasteiger partial charge in [0.25, 0.3) is 0 Å². The molecule has 0 heterocycles. The minimum absolute atomic E-state index is 0.534. The maximum absolute atomic E-state index is 9.10. The largest absolute Gasteiger partial charge is 0.492 e. The maximum Gasteiger partial charge on any atom is 0.414 e. The molecule has 1 aromatic carbocycles. The number of methoxy groups -OCH3 is 1. The van der Waals surface area contributed by atoms with Crippen LogP contribution in [0.25, 0.3) is 0 Å². The molecule has 0 fully saturated rings. The lowest BCUT2D eigenvalue weighted by Crippen LogP contribution is -2.24. The van der Waals surface area contributed by atoms with Crippen LogP contribution in [0.15, 0.2) is 18.2 Å². The molecule has 0 aliphatic carbocycles. The molecule has 0 bridgehead atoms. The predicted molar refractivity (Wildman–Crippen MR) is 90.8 cm³/mol. The van der Waals surface area contributed by atoms with Crippen molar-refractivity contribution in [2.75, 3.05) is 33.4 Å². The summed E-state index contributed by atoms with van der Waals surface area (Å²) in [5.41, 5.74) is 2.58. The highest BCUT2D eigenvalue weighted by molar-refractivity contribution is 6.27. The van der Waals surface area contributed by atoms with E-state index in [-0.39, 0.29) is 0 Å². The van der Waals surface area contributed by atoms with E-state index in [9.17, 15) is 0 Å². The number of hydrogen-bond donors (Lipinski definition) is 3. The minimum Gasteiger partial charge on any atom is -0.492 e. The number of nitrogens with one attached hydrogen (secondary N) is 1. The van der Waals surface area contributed by atoms with E-state index in [2.05, 4.69) is 44.3 Å². The normalized spacial score (nSPS) is 10.0. The van der Waals surface area contributed by atoms with E-state index in [1.54, 1.807) is 7.11 Å². The number of rotatable bonds is 8. The lowest BCUT2D eigenvalue weighted by Gasteiger charge is -2.12. The van der Waals surface area contributed by atoms with Crippen molar-refractivity contribution >= 4 is 11.9 Å². The Bertz CT molecular complexity index is 504. The van der Waals surface area contributed by atoms with Crippen LogP contribution >= 0.6 is 0 Å². The molecule has 1 aromatic rings. The molecule has 0 aliphatic heterocycles. The summed E-state index contributed by atoms with van der Waals surface area (Å²) in [5, 5.41) is 18.0. The highest BCUT2D eigenvalue weighted by atomic mass is 16.5. The monoisotopic (exact) mass is 341 g/mol. The Morgan fingerprint density at radius 3 is 2.17 bits per heavy atom. The van der Waals surface area contributed by atoms with Gasteiger partial charge >= 0.3 is 11.9 Å². The molecule has 0 radical (unpaired) electrons. The Hall–Kier alpha value is -2.12. The van der Waals surface area contributed by atoms with Gasteiger partial charge in [0.05, 0.1) is 6.61 Å². The fourth-order valence-electron chi connectivity index (χ4n) is 1.73. The van der Waals surface area contributed by atoms with Crippen LogP contribution in [-0.2, 0) is 14.3 Å². The zero-order valence-corrected chi connectivity index (χ0v) is 14.7. The van der Waals surface area contributed by atoms with Crippen molar-refractivity contribution in [2.45, 2.75) is 26.7 Å². The van der Waals surface area contributed by atoms with Crippen molar-refractivity contribution in [1.29, 1.82) is 0 Å². The van der Waals surface area contributed by atoms with Crippen molar-refractivity contribution < 1.29 is 29.3 Å². The van der Waals surface area contributed by atoms with E-state index in [1.807, 2.05) is 0 Å². The maximum atomic E-state index is 9.10. The van der Waals surface area contributed by atoms with E-state index in [4.69, 9.17) is 29.3 Å². The average molecular weight is 341 g/mol. The van der Waals surface area contributed by atoms with Gasteiger partial charge in [0.1, 0.15) is 12.4 Å². The molecule has 0 saturated carbocycles. The zero-order chi connectivity index (χ0) is 18.5. The topological polar surface area (TPSA) is 105 Å². The zero-order valence-electron chi connectivity index (χ0n) is 14.7. The number of carbonyl (C=O) groups is 2. The average Bonchev–Trinajstić information content (AvgIpc) is 2.50. The first-order chi connectivity index (χ1) is 11.3. The highest BCUT2D eigenvalue weighted by Crippen LogP contribution is 2.22. The number of ether oxygens (including phenoxy) is 2. The highest BCUT2D eigenvalue weighted by Gasteiger charge is 2.04. The van der Waals surface area contributed by atoms with Crippen LogP contribution in [0.4, 0.5) is 0 Å². The Balaban J connectivity index is 0.000000754. The van der Waals surface area contributed by atoms with Gasteiger partial charge in [0, 0.05) is 20.2 Å². The molecule has 0 spiro atoms. The van der Waals surface area contributed by atoms with Gasteiger partial charge in [-0.3, -0.25) is 0 Å². The quantitative estimate of drug-likeness (QED) is 0.490. The standard InChI is InChI=1S/C15H25NO2.C2H2O4/c1-12(2)14-9-13(3)10-15(11-14)18-8-6-16-5-7-17-4;3-1(4)2(5)6/h9-12,16H,5-8H2,1-4H3;(H,3,4)(H,5,6). The summed E-state index contributed by atoms with van der Waals surface area (Å²) in [4.78, 5) is 18.2. The summed E-state index contributed by atoms with van der Waals surface area (Å²) in [6.07, 6.45) is 0. The number of carboxylic acids is 2. The van der Waals surface area contributed by atoms with Crippen LogP contribution in [0.5, 0.6) is 5.75 Å². The Morgan fingerprint density at radius 1 is 1.08 bits per heavy atom. The number of aryl methyl sites for hydroxylation is 1. The number of hydrogen-bond acceptors (Lipinski definition) is 5. The smallest absolute Gasteiger partial charge is 0.414 e. The molecular formula is C17H27NO6. The SMILES string of the molecule is COCCNCCOc1cc(C)cc(C(C)C)c1.O=C(O)C(=O)O. The van der Waals surface area contributed by atoms with E-state index < -0.39 is 11.9 Å². The molecule has 0 aliphatic rings. The van der Waals surface area contributed by atoms with E-state index in [1.165, 1.54) is 11.1 Å². The summed E-state index contributed by atoms with van der Waals surface area (Å²) in [7, 11) is 1.71. The summed E-state index contributed by atoms with van der Waals surface area (Å²) in [5.74, 6) is -2.15. The summed E-state index contributed by atoms with van der Waals surface area (Å²) in [6.45, 7) is 9.64. The van der Waals surface area contributed by atoms with Crippen LogP contribution in [0, 0.1) is 6.92 Å². The third-order valence-corrected chi connectivity index (χ3v) is 2.95. The number of benzene rings is 1. The minimum atomic E-state index is -1.82. The van der Waals surface area contributed by atoms with E-state index in [0.29, 0.717) is 12.5 Å². The van der Waals surface area contributed by atoms with Gasteiger partial charge in [-0.05, 0) is 36.1 Å². The molecular weight excluding hydrogens is 314 g/mol. The van der Waals surface area contributed by atoms with Gasteiger partial charge in [0.15, 0.2) is 0 Å². The second kappa shape index (κ2) is 12.3. The Kier molecular flexibility index (Phi) is 11.2. The predicted octanol–water partition coefficient (Wildman–Crippen LogP) is 1.89. The first kappa shape index (κ1) is 21.9. The molecule has 7 heteroatoms. The van der Waals surface area contributed by atoms with Crippen LogP contribution in [0.2, 0.25) is 0 Å². The fourth-order valence-corrected chi connectivity index (χ4v) is 1.73. The van der Waals surface area contributed by atoms with Crippen LogP contribution < -0.4 is 10.1 Å². The molecule has 0 unspecified atom stereocenters. The van der Waals surface area contributed by atoms with E-state index in [0.717, 1.165) is 25.4 Å². The fraction of sp³-hybridized carbons (Fsp3) is 0.529. The number of carboxylic acid groups (broad SMARTS) is 2. The van der Waals surface area contributed by atoms with Crippen LogP contribution in [-0.4, -0.2) is 55.6 Å². The molecule has 24 heavy (non-hydrogen) atoms. The van der Waals surface area contributed by atoms with Crippen molar-refractivity contribution in [3.8, 4) is 5.75 Å². The second-order valence-corrected chi connectivity index (χ2v) is 5.44. The lowest BCUT2D eigenvalue weighted by molar-refractivity contribution is -0.159. The Morgan fingerprint density at radius 2 is 1.67 bits per heavy atom. The second-order valence-electron chi connectivity index (χ2n) is 5.44. The van der Waals surface area contributed by atoms with Crippen molar-refractivity contribution in [1.82, 2.24) is 5.32 Å². The molecule has 0 aromatic heterocycles. The Labute approximate surface area is 142 Å². The third-order valence-electron chi connectivity index (χ3n) is 2.95. The first-order valence-electron chi connectivity index (χ1n) is 7.68. The molecule has 1 rings (SSSR count). The van der Waals surface area contributed by atoms with Gasteiger partial charge in [-0.2, -0.15) is 0 Å². The molecule has 3 N–H and O–H groups in total. The van der Waals surface area contributed by atoms with Gasteiger partial charge in [-0.1, -0.05) is 19.9 Å². The molecule has 0 atom stereocenters. The van der Waals surface area contributed by atoms with Gasteiger partial charge in [0.2, 0.25) is 0 Å². The van der Waals surface area contributed by atoms with Crippen LogP contribution in [0.3, 0.4) is 0 Å². The number of aliphatic carboxylic acids is 2. The summed E-state index contributed by atoms with van der Waals surface area (Å²) in [6, 6.07) is 6.43. The van der Waals surface area contributed by atoms with Crippen molar-refractivity contribution in [3.05, 3.63) is 29.3 Å².